The van der Waals surface area contributed by atoms with Crippen molar-refractivity contribution in [3.63, 3.8) is 0 Å². The molecule has 0 aromatic heterocycles. The molecule has 1 aliphatic heterocycles. The fraction of sp³-hybridized carbons (Fsp3) is 0.778. The van der Waals surface area contributed by atoms with Crippen LogP contribution in [-0.2, 0) is 14.3 Å². The van der Waals surface area contributed by atoms with Crippen molar-refractivity contribution in [3.8, 4) is 0 Å². The Morgan fingerprint density at radius 3 is 2.64 bits per heavy atom. The Morgan fingerprint density at radius 1 is 1.50 bits per heavy atom. The van der Waals surface area contributed by atoms with Crippen LogP contribution >= 0.6 is 11.6 Å². The molecule has 1 amide bonds. The Morgan fingerprint density at radius 2 is 2.14 bits per heavy atom. The molecule has 1 saturated heterocycles. The van der Waals surface area contributed by atoms with Crippen molar-refractivity contribution in [1.82, 2.24) is 4.90 Å². The Balaban J connectivity index is 2.68. The van der Waals surface area contributed by atoms with Crippen LogP contribution in [0.3, 0.4) is 0 Å². The number of carbonyl (C=O) groups is 2. The molecule has 0 saturated carbocycles. The first kappa shape index (κ1) is 11.5. The van der Waals surface area contributed by atoms with Crippen LogP contribution in [-0.4, -0.2) is 48.8 Å². The molecule has 0 N–H and O–H groups in total. The van der Waals surface area contributed by atoms with E-state index in [-0.39, 0.29) is 29.5 Å². The van der Waals surface area contributed by atoms with E-state index in [0.29, 0.717) is 13.2 Å². The summed E-state index contributed by atoms with van der Waals surface area (Å²) in [6.45, 7) is 2.26. The van der Waals surface area contributed by atoms with Crippen LogP contribution in [0.1, 0.15) is 6.92 Å². The summed E-state index contributed by atoms with van der Waals surface area (Å²) in [5.74, 6) is -0.396. The van der Waals surface area contributed by atoms with E-state index in [1.807, 2.05) is 0 Å². The van der Waals surface area contributed by atoms with Crippen LogP contribution < -0.4 is 0 Å². The smallest absolute Gasteiger partial charge is 0.219 e. The Hall–Kier alpha value is -0.610. The summed E-state index contributed by atoms with van der Waals surface area (Å²) in [4.78, 5) is 24.1. The second-order valence-electron chi connectivity index (χ2n) is 3.44. The fourth-order valence-electron chi connectivity index (χ4n) is 1.56. The van der Waals surface area contributed by atoms with Crippen molar-refractivity contribution >= 4 is 23.3 Å². The molecule has 5 heteroatoms. The maximum Gasteiger partial charge on any atom is 0.219 e. The summed E-state index contributed by atoms with van der Waals surface area (Å²) < 4.78 is 5.19. The average molecular weight is 220 g/mol. The number of rotatable bonds is 3. The highest BCUT2D eigenvalue weighted by molar-refractivity contribution is 6.28. The third-order valence-corrected chi connectivity index (χ3v) is 2.85. The minimum atomic E-state index is -0.263. The highest BCUT2D eigenvalue weighted by Crippen LogP contribution is 2.20. The van der Waals surface area contributed by atoms with Gasteiger partial charge in [-0.3, -0.25) is 9.59 Å². The number of nitrogens with zero attached hydrogens (tertiary/aromatic N) is 1. The first-order valence-corrected chi connectivity index (χ1v) is 5.01. The zero-order valence-corrected chi connectivity index (χ0v) is 9.08. The second-order valence-corrected chi connectivity index (χ2v) is 3.71. The lowest BCUT2D eigenvalue weighted by Crippen LogP contribution is -2.43. The Kier molecular flexibility index (Phi) is 3.89. The summed E-state index contributed by atoms with van der Waals surface area (Å²) in [5, 5.41) is 0. The van der Waals surface area contributed by atoms with E-state index in [0.717, 1.165) is 0 Å². The van der Waals surface area contributed by atoms with Gasteiger partial charge in [0.1, 0.15) is 0 Å². The van der Waals surface area contributed by atoms with Crippen LogP contribution in [0.15, 0.2) is 0 Å². The number of Topliss-reactive ketones (excluding diaryl/α,β-unsaturated/α-hetero) is 1. The number of carbonyl (C=O) groups excluding carboxylic acids is 2. The molecule has 2 atom stereocenters. The maximum absolute atomic E-state index is 11.4. The number of ketones is 1. The lowest BCUT2D eigenvalue weighted by Gasteiger charge is -2.25. The second kappa shape index (κ2) is 4.75. The monoisotopic (exact) mass is 219 g/mol. The first-order valence-electron chi connectivity index (χ1n) is 4.47. The van der Waals surface area contributed by atoms with Gasteiger partial charge in [-0.2, -0.15) is 0 Å². The molecular weight excluding hydrogens is 206 g/mol. The van der Waals surface area contributed by atoms with Crippen LogP contribution in [0, 0.1) is 5.92 Å². The molecule has 2 unspecified atom stereocenters. The van der Waals surface area contributed by atoms with E-state index in [1.54, 1.807) is 11.9 Å². The third kappa shape index (κ3) is 2.25. The summed E-state index contributed by atoms with van der Waals surface area (Å²) in [6, 6.07) is -0.154. The molecule has 0 spiro atoms. The van der Waals surface area contributed by atoms with E-state index in [9.17, 15) is 9.59 Å². The molecule has 14 heavy (non-hydrogen) atoms. The normalized spacial score (nSPS) is 26.2. The summed E-state index contributed by atoms with van der Waals surface area (Å²) in [5.41, 5.74) is 0. The predicted octanol–water partition coefficient (Wildman–Crippen LogP) is 0.288. The average Bonchev–Trinajstić information content (AvgIpc) is 2.63. The van der Waals surface area contributed by atoms with Gasteiger partial charge in [0.25, 0.3) is 0 Å². The fourth-order valence-corrected chi connectivity index (χ4v) is 1.76. The summed E-state index contributed by atoms with van der Waals surface area (Å²) in [6.07, 6.45) is 0. The van der Waals surface area contributed by atoms with Gasteiger partial charge >= 0.3 is 0 Å². The van der Waals surface area contributed by atoms with Gasteiger partial charge in [-0.1, -0.05) is 0 Å². The van der Waals surface area contributed by atoms with Gasteiger partial charge in [0, 0.05) is 14.0 Å². The topological polar surface area (TPSA) is 46.6 Å². The molecular formula is C9H14ClNO3. The minimum absolute atomic E-state index is 0.0176. The number of alkyl halides is 1. The molecule has 0 aliphatic carbocycles. The molecule has 4 nitrogen and oxygen atoms in total. The number of amides is 1. The molecule has 1 aliphatic rings. The molecule has 0 radical (unpaired) electrons. The highest BCUT2D eigenvalue weighted by Gasteiger charge is 2.36. The largest absolute Gasteiger partial charge is 0.378 e. The van der Waals surface area contributed by atoms with Gasteiger partial charge in [-0.05, 0) is 0 Å². The van der Waals surface area contributed by atoms with Crippen molar-refractivity contribution in [2.45, 2.75) is 13.0 Å². The van der Waals surface area contributed by atoms with Crippen LogP contribution in [0.4, 0.5) is 0 Å². The molecule has 0 bridgehead atoms. The van der Waals surface area contributed by atoms with Gasteiger partial charge in [-0.15, -0.1) is 11.6 Å². The molecule has 1 rings (SSSR count). The van der Waals surface area contributed by atoms with Crippen LogP contribution in [0.5, 0.6) is 0 Å². The third-order valence-electron chi connectivity index (χ3n) is 2.59. The van der Waals surface area contributed by atoms with E-state index in [1.165, 1.54) is 6.92 Å². The molecule has 1 fully saturated rings. The summed E-state index contributed by atoms with van der Waals surface area (Å²) >= 11 is 5.47. The molecule has 0 aromatic carbocycles. The lowest BCUT2D eigenvalue weighted by atomic mass is 9.98. The van der Waals surface area contributed by atoms with Crippen LogP contribution in [0.25, 0.3) is 0 Å². The van der Waals surface area contributed by atoms with Gasteiger partial charge in [-0.25, -0.2) is 0 Å². The van der Waals surface area contributed by atoms with Crippen molar-refractivity contribution < 1.29 is 14.3 Å². The zero-order valence-electron chi connectivity index (χ0n) is 8.33. The summed E-state index contributed by atoms with van der Waals surface area (Å²) in [7, 11) is 1.68. The zero-order chi connectivity index (χ0) is 10.7. The Bertz CT molecular complexity index is 244. The first-order chi connectivity index (χ1) is 6.57. The van der Waals surface area contributed by atoms with E-state index >= 15 is 0 Å². The number of ether oxygens (including phenoxy) is 1. The van der Waals surface area contributed by atoms with Gasteiger partial charge in [0.2, 0.25) is 5.91 Å². The molecule has 0 aromatic rings. The van der Waals surface area contributed by atoms with Crippen molar-refractivity contribution in [3.05, 3.63) is 0 Å². The van der Waals surface area contributed by atoms with Crippen molar-refractivity contribution in [1.29, 1.82) is 0 Å². The molecule has 1 heterocycles. The predicted molar refractivity (Wildman–Crippen MR) is 52.3 cm³/mol. The lowest BCUT2D eigenvalue weighted by molar-refractivity contribution is -0.131. The van der Waals surface area contributed by atoms with Gasteiger partial charge in [0.15, 0.2) is 5.78 Å². The van der Waals surface area contributed by atoms with E-state index in [4.69, 9.17) is 16.3 Å². The van der Waals surface area contributed by atoms with Gasteiger partial charge < -0.3 is 9.64 Å². The minimum Gasteiger partial charge on any atom is -0.378 e. The number of hydrogen-bond acceptors (Lipinski definition) is 3. The van der Waals surface area contributed by atoms with E-state index in [2.05, 4.69) is 0 Å². The Labute approximate surface area is 88.2 Å². The quantitative estimate of drug-likeness (QED) is 0.641. The van der Waals surface area contributed by atoms with Crippen LogP contribution in [0.2, 0.25) is 0 Å². The number of hydrogen-bond donors (Lipinski definition) is 0. The maximum atomic E-state index is 11.4. The van der Waals surface area contributed by atoms with Crippen molar-refractivity contribution in [2.24, 2.45) is 5.92 Å². The van der Waals surface area contributed by atoms with E-state index < -0.39 is 0 Å². The number of likely N-dealkylation sites (N-methyl/N-ethyl adjacent to an activating group) is 1. The standard InChI is InChI=1S/C9H14ClNO3/c1-6(12)11(2)8-5-14-4-7(8)9(13)3-10/h7-8H,3-5H2,1-2H3. The SMILES string of the molecule is CC(=O)N(C)C1COCC1C(=O)CCl. The molecule has 80 valence electrons. The number of halogens is 1. The van der Waals surface area contributed by atoms with Gasteiger partial charge in [0.05, 0.1) is 31.1 Å². The van der Waals surface area contributed by atoms with Crippen molar-refractivity contribution in [2.75, 3.05) is 26.1 Å². The highest BCUT2D eigenvalue weighted by atomic mass is 35.5.